The Morgan fingerprint density at radius 1 is 1.00 bits per heavy atom. The first-order chi connectivity index (χ1) is 17.9. The van der Waals surface area contributed by atoms with Crippen molar-refractivity contribution in [2.24, 2.45) is 0 Å². The Bertz CT molecular complexity index is 1460. The van der Waals surface area contributed by atoms with Crippen molar-refractivity contribution in [2.45, 2.75) is 52.1 Å². The molecule has 2 aromatic carbocycles. The average Bonchev–Trinajstić information content (AvgIpc) is 3.48. The molecule has 0 radical (unpaired) electrons. The van der Waals surface area contributed by atoms with Gasteiger partial charge in [0.1, 0.15) is 5.00 Å². The fraction of sp³-hybridized carbons (Fsp3) is 0.323. The zero-order valence-electron chi connectivity index (χ0n) is 22.0. The second-order valence-corrected chi connectivity index (χ2v) is 11.6. The van der Waals surface area contributed by atoms with Gasteiger partial charge in [-0.15, -0.1) is 11.3 Å². The maximum absolute atomic E-state index is 14.2. The third-order valence-corrected chi connectivity index (χ3v) is 9.13. The highest BCUT2D eigenvalue weighted by Crippen LogP contribution is 2.44. The summed E-state index contributed by atoms with van der Waals surface area (Å²) in [6, 6.07) is 18.9. The van der Waals surface area contributed by atoms with Crippen LogP contribution < -0.4 is 10.2 Å². The summed E-state index contributed by atoms with van der Waals surface area (Å²) in [6.45, 7) is 4.71. The molecule has 0 unspecified atom stereocenters. The fourth-order valence-corrected chi connectivity index (χ4v) is 7.15. The Morgan fingerprint density at radius 2 is 1.78 bits per heavy atom. The maximum Gasteiger partial charge on any atom is 0.322 e. The van der Waals surface area contributed by atoms with Gasteiger partial charge in [0.05, 0.1) is 18.3 Å². The van der Waals surface area contributed by atoms with Gasteiger partial charge in [-0.25, -0.2) is 4.79 Å². The molecule has 0 saturated heterocycles. The van der Waals surface area contributed by atoms with Crippen LogP contribution in [0.2, 0.25) is 0 Å². The molecule has 37 heavy (non-hydrogen) atoms. The van der Waals surface area contributed by atoms with Gasteiger partial charge < -0.3 is 19.7 Å². The van der Waals surface area contributed by atoms with Crippen LogP contribution in [0.5, 0.6) is 0 Å². The van der Waals surface area contributed by atoms with Crippen molar-refractivity contribution >= 4 is 28.7 Å². The number of carbonyl (C=O) groups is 1. The van der Waals surface area contributed by atoms with Crippen LogP contribution in [0.1, 0.15) is 57.3 Å². The average molecular weight is 511 g/mol. The molecule has 1 N–H and O–H groups in total. The molecule has 1 atom stereocenters. The lowest BCUT2D eigenvalue weighted by atomic mass is 9.95. The Balaban J connectivity index is 1.49. The molecule has 1 aliphatic carbocycles. The van der Waals surface area contributed by atoms with E-state index in [0.717, 1.165) is 46.6 Å². The molecule has 0 saturated carbocycles. The summed E-state index contributed by atoms with van der Waals surface area (Å²) >= 11 is 1.92. The lowest BCUT2D eigenvalue weighted by Gasteiger charge is -2.32. The number of aromatic nitrogens is 1. The standard InChI is InChI=1S/C31H34N4OS/c1-20-11-12-21(2)26(18-20)32-31(36)35-19-25-24-8-5-6-10-28(24)37-30(25)34-17-7-9-27(34)29(35)22-13-15-23(16-14-22)33(3)4/h7,9,11-18,29H,5-6,8,10,19H2,1-4H3,(H,32,36)/t29-/m0/s1. The molecule has 4 aromatic rings. The lowest BCUT2D eigenvalue weighted by Crippen LogP contribution is -2.38. The number of amides is 2. The van der Waals surface area contributed by atoms with Gasteiger partial charge in [0.25, 0.3) is 0 Å². The first-order valence-corrected chi connectivity index (χ1v) is 14.0. The van der Waals surface area contributed by atoms with Crippen molar-refractivity contribution in [2.75, 3.05) is 24.3 Å². The molecule has 190 valence electrons. The number of hydrogen-bond acceptors (Lipinski definition) is 3. The minimum Gasteiger partial charge on any atom is -0.378 e. The molecule has 2 aromatic heterocycles. The largest absolute Gasteiger partial charge is 0.378 e. The van der Waals surface area contributed by atoms with E-state index in [2.05, 4.69) is 96.6 Å². The molecule has 5 nitrogen and oxygen atoms in total. The van der Waals surface area contributed by atoms with Gasteiger partial charge in [0, 0.05) is 42.1 Å². The van der Waals surface area contributed by atoms with Gasteiger partial charge in [-0.2, -0.15) is 0 Å². The number of nitrogens with one attached hydrogen (secondary N) is 1. The molecule has 2 aliphatic rings. The number of rotatable bonds is 3. The van der Waals surface area contributed by atoms with Crippen LogP contribution >= 0.6 is 11.3 Å². The van der Waals surface area contributed by atoms with Crippen LogP contribution in [0.3, 0.4) is 0 Å². The number of nitrogens with zero attached hydrogens (tertiary/aromatic N) is 3. The Hall–Kier alpha value is -3.51. The van der Waals surface area contributed by atoms with E-state index in [-0.39, 0.29) is 12.1 Å². The van der Waals surface area contributed by atoms with E-state index in [9.17, 15) is 4.79 Å². The minimum atomic E-state index is -0.199. The van der Waals surface area contributed by atoms with Crippen LogP contribution in [-0.2, 0) is 19.4 Å². The molecule has 3 heterocycles. The Morgan fingerprint density at radius 3 is 2.57 bits per heavy atom. The van der Waals surface area contributed by atoms with Crippen LogP contribution in [0.4, 0.5) is 16.2 Å². The monoisotopic (exact) mass is 510 g/mol. The quantitative estimate of drug-likeness (QED) is 0.316. The number of aryl methyl sites for hydroxylation is 3. The number of fused-ring (bicyclic) bond motifs is 5. The predicted octanol–water partition coefficient (Wildman–Crippen LogP) is 7.24. The van der Waals surface area contributed by atoms with Crippen molar-refractivity contribution in [3.63, 3.8) is 0 Å². The summed E-state index contributed by atoms with van der Waals surface area (Å²) in [4.78, 5) is 19.8. The number of hydrogen-bond donors (Lipinski definition) is 1. The van der Waals surface area contributed by atoms with E-state index >= 15 is 0 Å². The zero-order chi connectivity index (χ0) is 25.7. The molecule has 2 amide bonds. The van der Waals surface area contributed by atoms with E-state index in [1.165, 1.54) is 33.8 Å². The van der Waals surface area contributed by atoms with Crippen molar-refractivity contribution in [3.8, 4) is 5.00 Å². The van der Waals surface area contributed by atoms with Gasteiger partial charge in [-0.1, -0.05) is 24.3 Å². The first-order valence-electron chi connectivity index (χ1n) is 13.1. The van der Waals surface area contributed by atoms with E-state index in [1.807, 2.05) is 23.2 Å². The van der Waals surface area contributed by atoms with Crippen LogP contribution in [0, 0.1) is 13.8 Å². The molecule has 6 heteroatoms. The number of carbonyl (C=O) groups excluding carboxylic acids is 1. The lowest BCUT2D eigenvalue weighted by molar-refractivity contribution is 0.194. The maximum atomic E-state index is 14.2. The van der Waals surface area contributed by atoms with E-state index in [1.54, 1.807) is 0 Å². The molecule has 6 rings (SSSR count). The molecule has 0 spiro atoms. The first kappa shape index (κ1) is 23.9. The van der Waals surface area contributed by atoms with Gasteiger partial charge in [0.2, 0.25) is 0 Å². The molecule has 1 aliphatic heterocycles. The summed E-state index contributed by atoms with van der Waals surface area (Å²) in [5.41, 5.74) is 9.26. The van der Waals surface area contributed by atoms with Crippen molar-refractivity contribution in [1.29, 1.82) is 0 Å². The van der Waals surface area contributed by atoms with Crippen LogP contribution in [0.15, 0.2) is 60.8 Å². The molecular weight excluding hydrogens is 476 g/mol. The van der Waals surface area contributed by atoms with Crippen LogP contribution in [-0.4, -0.2) is 29.6 Å². The van der Waals surface area contributed by atoms with E-state index in [4.69, 9.17) is 0 Å². The highest BCUT2D eigenvalue weighted by atomic mass is 32.1. The molecule has 0 bridgehead atoms. The normalized spacial score (nSPS) is 16.4. The van der Waals surface area contributed by atoms with Crippen molar-refractivity contribution in [3.05, 3.63) is 99.2 Å². The number of thiophene rings is 1. The summed E-state index contributed by atoms with van der Waals surface area (Å²) in [5, 5.41) is 4.56. The van der Waals surface area contributed by atoms with Gasteiger partial charge in [-0.3, -0.25) is 0 Å². The van der Waals surface area contributed by atoms with Crippen LogP contribution in [0.25, 0.3) is 5.00 Å². The third-order valence-electron chi connectivity index (χ3n) is 7.80. The second kappa shape index (κ2) is 9.42. The third kappa shape index (κ3) is 4.23. The summed E-state index contributed by atoms with van der Waals surface area (Å²) in [7, 11) is 4.10. The predicted molar refractivity (Wildman–Crippen MR) is 153 cm³/mol. The van der Waals surface area contributed by atoms with Gasteiger partial charge in [0.15, 0.2) is 0 Å². The van der Waals surface area contributed by atoms with Gasteiger partial charge >= 0.3 is 6.03 Å². The topological polar surface area (TPSA) is 40.5 Å². The number of benzene rings is 2. The summed E-state index contributed by atoms with van der Waals surface area (Å²) in [6.07, 6.45) is 6.89. The smallest absolute Gasteiger partial charge is 0.322 e. The number of anilines is 2. The second-order valence-electron chi connectivity index (χ2n) is 10.6. The Labute approximate surface area is 223 Å². The van der Waals surface area contributed by atoms with Crippen molar-refractivity contribution in [1.82, 2.24) is 9.47 Å². The van der Waals surface area contributed by atoms with E-state index in [0.29, 0.717) is 6.54 Å². The summed E-state index contributed by atoms with van der Waals surface area (Å²) in [5.74, 6) is 0. The van der Waals surface area contributed by atoms with Gasteiger partial charge in [-0.05, 0) is 92.1 Å². The van der Waals surface area contributed by atoms with E-state index < -0.39 is 0 Å². The molecule has 0 fully saturated rings. The highest BCUT2D eigenvalue weighted by molar-refractivity contribution is 7.15. The SMILES string of the molecule is Cc1ccc(C)c(NC(=O)N2Cc3c(sc4c3CCCC4)-n3cccc3[C@@H]2c2ccc(N(C)C)cc2)c1. The minimum absolute atomic E-state index is 0.0632. The fourth-order valence-electron chi connectivity index (χ4n) is 5.75. The van der Waals surface area contributed by atoms with Crippen molar-refractivity contribution < 1.29 is 4.79 Å². The zero-order valence-corrected chi connectivity index (χ0v) is 22.9. The Kier molecular flexibility index (Phi) is 6.07. The highest BCUT2D eigenvalue weighted by Gasteiger charge is 2.36. The molecular formula is C31H34N4OS. The number of urea groups is 1. The summed E-state index contributed by atoms with van der Waals surface area (Å²) < 4.78 is 2.34.